The van der Waals surface area contributed by atoms with E-state index in [1.807, 2.05) is 0 Å². The zero-order valence-corrected chi connectivity index (χ0v) is 17.8. The van der Waals surface area contributed by atoms with Gasteiger partial charge in [-0.3, -0.25) is 4.79 Å². The lowest BCUT2D eigenvalue weighted by molar-refractivity contribution is -0.235. The Labute approximate surface area is 191 Å². The highest BCUT2D eigenvalue weighted by Crippen LogP contribution is 2.32. The Kier molecular flexibility index (Phi) is 6.66. The number of amides is 1. The summed E-state index contributed by atoms with van der Waals surface area (Å²) >= 11 is 0. The second kappa shape index (κ2) is 9.50. The van der Waals surface area contributed by atoms with Crippen molar-refractivity contribution in [3.63, 3.8) is 0 Å². The van der Waals surface area contributed by atoms with E-state index in [9.17, 15) is 33.3 Å². The molecule has 9 nitrogen and oxygen atoms in total. The molecular weight excluding hydrogens is 457 g/mol. The van der Waals surface area contributed by atoms with Crippen molar-refractivity contribution in [3.05, 3.63) is 71.7 Å². The van der Waals surface area contributed by atoms with Gasteiger partial charge in [-0.15, -0.1) is 5.10 Å². The van der Waals surface area contributed by atoms with Gasteiger partial charge in [-0.25, -0.2) is 17.9 Å². The van der Waals surface area contributed by atoms with Crippen LogP contribution in [0.3, 0.4) is 0 Å². The van der Waals surface area contributed by atoms with E-state index in [0.717, 1.165) is 21.7 Å². The van der Waals surface area contributed by atoms with Gasteiger partial charge < -0.3 is 25.0 Å². The van der Waals surface area contributed by atoms with Crippen LogP contribution in [-0.4, -0.2) is 79.3 Å². The molecule has 4 rings (SSSR count). The summed E-state index contributed by atoms with van der Waals surface area (Å²) in [6, 6.07) is 6.94. The third-order valence-corrected chi connectivity index (χ3v) is 5.67. The van der Waals surface area contributed by atoms with Crippen LogP contribution >= 0.6 is 0 Å². The Morgan fingerprint density at radius 1 is 1.12 bits per heavy atom. The van der Waals surface area contributed by atoms with Gasteiger partial charge in [0, 0.05) is 18.2 Å². The van der Waals surface area contributed by atoms with Crippen molar-refractivity contribution < 1.29 is 38.0 Å². The molecular formula is C22H21F3N4O5. The number of aliphatic hydroxyl groups is 3. The molecule has 12 heteroatoms. The number of hydrogen-bond donors (Lipinski definition) is 3. The summed E-state index contributed by atoms with van der Waals surface area (Å²) in [4.78, 5) is 13.8. The van der Waals surface area contributed by atoms with Gasteiger partial charge in [0.05, 0.1) is 12.8 Å². The average Bonchev–Trinajstić information content (AvgIpc) is 3.30. The predicted octanol–water partition coefficient (Wildman–Crippen LogP) is 1.11. The van der Waals surface area contributed by atoms with Crippen molar-refractivity contribution in [1.82, 2.24) is 19.9 Å². The molecule has 1 aliphatic rings. The Morgan fingerprint density at radius 2 is 1.88 bits per heavy atom. The summed E-state index contributed by atoms with van der Waals surface area (Å²) in [5.41, 5.74) is 0.464. The van der Waals surface area contributed by atoms with Gasteiger partial charge in [0.25, 0.3) is 5.91 Å². The highest BCUT2D eigenvalue weighted by molar-refractivity contribution is 5.94. The molecule has 5 atom stereocenters. The highest BCUT2D eigenvalue weighted by Gasteiger charge is 2.48. The maximum absolute atomic E-state index is 13.6. The number of hydrogen-bond acceptors (Lipinski definition) is 7. The summed E-state index contributed by atoms with van der Waals surface area (Å²) in [5, 5.41) is 39.3. The molecule has 1 saturated heterocycles. The first kappa shape index (κ1) is 23.8. The lowest BCUT2D eigenvalue weighted by atomic mass is 9.94. The fraction of sp³-hybridized carbons (Fsp3) is 0.318. The van der Waals surface area contributed by atoms with E-state index >= 15 is 0 Å². The summed E-state index contributed by atoms with van der Waals surface area (Å²) in [5.74, 6) is -3.64. The number of carbonyl (C=O) groups excluding carboxylic acids is 1. The van der Waals surface area contributed by atoms with Crippen LogP contribution in [0.2, 0.25) is 0 Å². The second-order valence-corrected chi connectivity index (χ2v) is 7.86. The van der Waals surface area contributed by atoms with E-state index in [0.29, 0.717) is 11.6 Å². The van der Waals surface area contributed by atoms with Crippen LogP contribution in [0, 0.1) is 17.5 Å². The Hall–Kier alpha value is -3.32. The average molecular weight is 478 g/mol. The van der Waals surface area contributed by atoms with Gasteiger partial charge in [0.2, 0.25) is 0 Å². The van der Waals surface area contributed by atoms with Crippen LogP contribution in [0.5, 0.6) is 0 Å². The lowest BCUT2D eigenvalue weighted by Crippen LogP contribution is -2.61. The minimum absolute atomic E-state index is 0.199. The predicted molar refractivity (Wildman–Crippen MR) is 111 cm³/mol. The van der Waals surface area contributed by atoms with Gasteiger partial charge in [-0.1, -0.05) is 17.3 Å². The molecule has 0 unspecified atom stereocenters. The Bertz CT molecular complexity index is 1190. The molecule has 2 heterocycles. The van der Waals surface area contributed by atoms with Crippen molar-refractivity contribution in [2.75, 3.05) is 13.7 Å². The molecule has 1 amide bonds. The van der Waals surface area contributed by atoms with Crippen LogP contribution in [0.4, 0.5) is 13.2 Å². The summed E-state index contributed by atoms with van der Waals surface area (Å²) < 4.78 is 47.1. The number of benzene rings is 2. The third-order valence-electron chi connectivity index (χ3n) is 5.67. The highest BCUT2D eigenvalue weighted by atomic mass is 19.2. The molecule has 3 aromatic rings. The Balaban J connectivity index is 1.63. The fourth-order valence-electron chi connectivity index (χ4n) is 3.87. The van der Waals surface area contributed by atoms with E-state index in [4.69, 9.17) is 4.74 Å². The number of carbonyl (C=O) groups is 1. The maximum Gasteiger partial charge on any atom is 0.255 e. The molecule has 1 aliphatic heterocycles. The molecule has 0 bridgehead atoms. The minimum Gasteiger partial charge on any atom is -0.394 e. The van der Waals surface area contributed by atoms with Crippen LogP contribution in [0.1, 0.15) is 16.4 Å². The number of rotatable bonds is 5. The molecule has 3 N–H and O–H groups in total. The third kappa shape index (κ3) is 4.40. The molecule has 0 spiro atoms. The van der Waals surface area contributed by atoms with Gasteiger partial charge in [-0.05, 0) is 30.3 Å². The van der Waals surface area contributed by atoms with E-state index in [-0.39, 0.29) is 11.3 Å². The van der Waals surface area contributed by atoms with Gasteiger partial charge >= 0.3 is 0 Å². The monoisotopic (exact) mass is 478 g/mol. The molecule has 0 saturated carbocycles. The van der Waals surface area contributed by atoms with E-state index < -0.39 is 60.5 Å². The van der Waals surface area contributed by atoms with Crippen molar-refractivity contribution in [2.45, 2.75) is 30.6 Å². The molecule has 180 valence electrons. The molecule has 2 aromatic carbocycles. The molecule has 1 aromatic heterocycles. The number of ether oxygens (including phenoxy) is 1. The normalized spacial score (nSPS) is 24.7. The SMILES string of the molecule is CN(C(=O)c1ccc(F)c(F)c1)[C@H]1O[C@H](CO)[C@H](O)[C@H](n2cc(-c3cccc(F)c3)nn2)[C@H]1O. The summed E-state index contributed by atoms with van der Waals surface area (Å²) in [6.45, 7) is -0.653. The lowest BCUT2D eigenvalue weighted by Gasteiger charge is -2.45. The number of aliphatic hydroxyl groups excluding tert-OH is 3. The standard InChI is InChI=1S/C22H21F3N4O5/c1-28(21(33)12-5-6-14(24)15(25)8-12)22-20(32)18(19(31)17(10-30)34-22)29-9-16(26-27-29)11-3-2-4-13(23)7-11/h2-9,17-20,22,30-32H,10H2,1H3/t17-,18+,19+,20-,22+/m1/s1. The number of nitrogens with zero attached hydrogens (tertiary/aromatic N) is 4. The largest absolute Gasteiger partial charge is 0.394 e. The number of likely N-dealkylation sites (N-methyl/N-ethyl adjacent to an activating group) is 1. The fourth-order valence-corrected chi connectivity index (χ4v) is 3.87. The molecule has 0 aliphatic carbocycles. The summed E-state index contributed by atoms with van der Waals surface area (Å²) in [6.07, 6.45) is -4.27. The van der Waals surface area contributed by atoms with Crippen LogP contribution in [0.25, 0.3) is 11.3 Å². The van der Waals surface area contributed by atoms with Crippen molar-refractivity contribution in [1.29, 1.82) is 0 Å². The minimum atomic E-state index is -1.57. The topological polar surface area (TPSA) is 121 Å². The Morgan fingerprint density at radius 3 is 2.56 bits per heavy atom. The van der Waals surface area contributed by atoms with Crippen LogP contribution in [0.15, 0.2) is 48.7 Å². The molecule has 1 fully saturated rings. The zero-order chi connectivity index (χ0) is 24.6. The molecule has 34 heavy (non-hydrogen) atoms. The maximum atomic E-state index is 13.6. The van der Waals surface area contributed by atoms with E-state index in [1.165, 1.54) is 31.4 Å². The van der Waals surface area contributed by atoms with E-state index in [1.54, 1.807) is 6.07 Å². The number of aromatic nitrogens is 3. The van der Waals surface area contributed by atoms with Gasteiger partial charge in [0.15, 0.2) is 17.9 Å². The summed E-state index contributed by atoms with van der Waals surface area (Å²) in [7, 11) is 1.26. The zero-order valence-electron chi connectivity index (χ0n) is 17.8. The number of halogens is 3. The molecule has 0 radical (unpaired) electrons. The van der Waals surface area contributed by atoms with Crippen LogP contribution < -0.4 is 0 Å². The first-order valence-electron chi connectivity index (χ1n) is 10.2. The first-order chi connectivity index (χ1) is 16.2. The van der Waals surface area contributed by atoms with Crippen LogP contribution in [-0.2, 0) is 4.74 Å². The quantitative estimate of drug-likeness (QED) is 0.503. The van der Waals surface area contributed by atoms with Crippen molar-refractivity contribution in [2.24, 2.45) is 0 Å². The van der Waals surface area contributed by atoms with Gasteiger partial charge in [-0.2, -0.15) is 0 Å². The van der Waals surface area contributed by atoms with Crippen molar-refractivity contribution >= 4 is 5.91 Å². The van der Waals surface area contributed by atoms with E-state index in [2.05, 4.69) is 10.3 Å². The van der Waals surface area contributed by atoms with Crippen molar-refractivity contribution in [3.8, 4) is 11.3 Å². The second-order valence-electron chi connectivity index (χ2n) is 7.86. The smallest absolute Gasteiger partial charge is 0.255 e. The first-order valence-corrected chi connectivity index (χ1v) is 10.2. The van der Waals surface area contributed by atoms with Gasteiger partial charge in [0.1, 0.15) is 35.9 Å².